The van der Waals surface area contributed by atoms with Crippen LogP contribution in [0.15, 0.2) is 0 Å². The predicted molar refractivity (Wildman–Crippen MR) is 51.3 cm³/mol. The maximum absolute atomic E-state index is 8.74. The van der Waals surface area contributed by atoms with E-state index in [1.165, 1.54) is 0 Å². The van der Waals surface area contributed by atoms with E-state index >= 15 is 0 Å². The zero-order valence-electron chi connectivity index (χ0n) is 6.34. The fourth-order valence-electron chi connectivity index (χ4n) is 0. The first-order chi connectivity index (χ1) is 5.46. The Hall–Kier alpha value is -1.17. The van der Waals surface area contributed by atoms with Gasteiger partial charge in [0.2, 0.25) is 0 Å². The van der Waals surface area contributed by atoms with Crippen molar-refractivity contribution in [2.45, 2.75) is 0 Å². The molecule has 0 aliphatic heterocycles. The molecule has 0 rings (SSSR count). The monoisotopic (exact) mass is 233 g/mol. The van der Waals surface area contributed by atoms with Crippen LogP contribution in [-0.4, -0.2) is 28.6 Å². The maximum atomic E-state index is 8.74. The zero-order chi connectivity index (χ0) is 11.7. The van der Waals surface area contributed by atoms with Gasteiger partial charge in [0.1, 0.15) is 0 Å². The number of rotatable bonds is 0. The molecule has 0 atom stereocenters. The Labute approximate surface area is 80.2 Å². The summed E-state index contributed by atoms with van der Waals surface area (Å²) in [5.41, 5.74) is 18.2. The van der Waals surface area contributed by atoms with Crippen LogP contribution in [0.2, 0.25) is 0 Å². The first-order valence-corrected chi connectivity index (χ1v) is 4.11. The smallest absolute Gasteiger partial charge is 0.377 e. The molecule has 11 heteroatoms. The van der Waals surface area contributed by atoms with Gasteiger partial charge in [0.25, 0.3) is 0 Å². The largest absolute Gasteiger partial charge is 0.394 e. The molecule has 0 aliphatic rings. The van der Waals surface area contributed by atoms with E-state index in [2.05, 4.69) is 35.2 Å². The van der Waals surface area contributed by atoms with Crippen LogP contribution < -0.4 is 22.9 Å². The lowest BCUT2D eigenvalue weighted by Crippen LogP contribution is -2.20. The summed E-state index contributed by atoms with van der Waals surface area (Å²) in [7, 11) is -4.67. The lowest BCUT2D eigenvalue weighted by molar-refractivity contribution is 0.381. The van der Waals surface area contributed by atoms with Crippen molar-refractivity contribution in [2.75, 3.05) is 0 Å². The lowest BCUT2D eigenvalue weighted by Gasteiger charge is -1.69. The van der Waals surface area contributed by atoms with Crippen molar-refractivity contribution in [3.63, 3.8) is 0 Å². The van der Waals surface area contributed by atoms with Gasteiger partial charge in [-0.3, -0.25) is 14.5 Å². The van der Waals surface area contributed by atoms with E-state index < -0.39 is 10.4 Å². The van der Waals surface area contributed by atoms with Crippen LogP contribution in [0.4, 0.5) is 0 Å². The second-order valence-corrected chi connectivity index (χ2v) is 2.67. The fourth-order valence-corrected chi connectivity index (χ4v) is 0. The molecule has 13 heavy (non-hydrogen) atoms. The van der Waals surface area contributed by atoms with Crippen molar-refractivity contribution in [1.29, 1.82) is 5.41 Å². The molecular formula is C2H11N5O4S2. The Morgan fingerprint density at radius 2 is 1.15 bits per heavy atom. The molecule has 0 unspecified atom stereocenters. The van der Waals surface area contributed by atoms with Gasteiger partial charge in [0.05, 0.1) is 0 Å². The molecule has 0 aliphatic carbocycles. The normalized spacial score (nSPS) is 8.15. The van der Waals surface area contributed by atoms with Crippen molar-refractivity contribution >= 4 is 33.7 Å². The topological polar surface area (TPSA) is 203 Å². The van der Waals surface area contributed by atoms with Crippen LogP contribution >= 0.6 is 12.2 Å². The molecule has 0 saturated heterocycles. The summed E-state index contributed by atoms with van der Waals surface area (Å²) in [4.78, 5) is 0. The summed E-state index contributed by atoms with van der Waals surface area (Å²) in [5, 5.41) is 6.06. The molecule has 0 aromatic heterocycles. The summed E-state index contributed by atoms with van der Waals surface area (Å²) in [6.45, 7) is 0. The van der Waals surface area contributed by atoms with Crippen LogP contribution in [0, 0.1) is 5.41 Å². The highest BCUT2D eigenvalue weighted by Crippen LogP contribution is 1.59. The molecule has 0 fully saturated rings. The molecule has 0 radical (unpaired) electrons. The van der Waals surface area contributed by atoms with Crippen molar-refractivity contribution in [1.82, 2.24) is 0 Å². The minimum absolute atomic E-state index is 0.000000000000000222. The summed E-state index contributed by atoms with van der Waals surface area (Å²) < 4.78 is 31.6. The first kappa shape index (κ1) is 17.8. The lowest BCUT2D eigenvalue weighted by atomic mass is 11.1. The molecule has 0 heterocycles. The van der Waals surface area contributed by atoms with Crippen LogP contribution in [0.1, 0.15) is 0 Å². The highest BCUT2D eigenvalue weighted by atomic mass is 32.3. The van der Waals surface area contributed by atoms with E-state index in [0.29, 0.717) is 0 Å². The van der Waals surface area contributed by atoms with Gasteiger partial charge in [-0.15, -0.1) is 0 Å². The standard InChI is InChI=1S/CH5N3.CH4N2S.H2O4S/c2*2-1(3)4;1-5(2,3)4/h(H5,2,3,4);(H4,2,3,4);(H2,1,2,3,4). The van der Waals surface area contributed by atoms with E-state index in [0.717, 1.165) is 0 Å². The Bertz CT molecular complexity index is 219. The van der Waals surface area contributed by atoms with Gasteiger partial charge in [-0.05, 0) is 12.2 Å². The van der Waals surface area contributed by atoms with Gasteiger partial charge < -0.3 is 22.9 Å². The van der Waals surface area contributed by atoms with Crippen molar-refractivity contribution in [2.24, 2.45) is 22.9 Å². The van der Waals surface area contributed by atoms with Crippen molar-refractivity contribution in [3.8, 4) is 0 Å². The highest BCUT2D eigenvalue weighted by molar-refractivity contribution is 7.80. The summed E-state index contributed by atoms with van der Waals surface area (Å²) in [6.07, 6.45) is 0. The molecule has 0 saturated carbocycles. The summed E-state index contributed by atoms with van der Waals surface area (Å²) >= 11 is 4.09. The first-order valence-electron chi connectivity index (χ1n) is 2.31. The van der Waals surface area contributed by atoms with Gasteiger partial charge in [0, 0.05) is 0 Å². The molecule has 0 amide bonds. The van der Waals surface area contributed by atoms with E-state index in [-0.39, 0.29) is 11.1 Å². The van der Waals surface area contributed by atoms with Gasteiger partial charge in [0.15, 0.2) is 11.1 Å². The molecule has 9 nitrogen and oxygen atoms in total. The Morgan fingerprint density at radius 3 is 1.15 bits per heavy atom. The Morgan fingerprint density at radius 1 is 1.15 bits per heavy atom. The second-order valence-electron chi connectivity index (χ2n) is 1.31. The number of guanidine groups is 1. The Balaban J connectivity index is -0.000000117. The van der Waals surface area contributed by atoms with Crippen LogP contribution in [0.5, 0.6) is 0 Å². The third-order valence-corrected chi connectivity index (χ3v) is 0. The van der Waals surface area contributed by atoms with Gasteiger partial charge in [-0.25, -0.2) is 0 Å². The third kappa shape index (κ3) is 617. The van der Waals surface area contributed by atoms with Crippen LogP contribution in [0.25, 0.3) is 0 Å². The average molecular weight is 233 g/mol. The predicted octanol–water partition coefficient (Wildman–Crippen LogP) is -2.63. The third-order valence-electron chi connectivity index (χ3n) is 0. The van der Waals surface area contributed by atoms with E-state index in [9.17, 15) is 0 Å². The Kier molecular flexibility index (Phi) is 12.2. The zero-order valence-corrected chi connectivity index (χ0v) is 7.97. The molecule has 11 N–H and O–H groups in total. The summed E-state index contributed by atoms with van der Waals surface area (Å²) in [5.74, 6) is -0.333. The van der Waals surface area contributed by atoms with E-state index in [4.69, 9.17) is 22.9 Å². The minimum Gasteiger partial charge on any atom is -0.377 e. The fraction of sp³-hybridized carbons (Fsp3) is 0. The number of thiocarbonyl (C=S) groups is 1. The van der Waals surface area contributed by atoms with Crippen molar-refractivity contribution < 1.29 is 17.5 Å². The molecule has 80 valence electrons. The van der Waals surface area contributed by atoms with Gasteiger partial charge >= 0.3 is 10.4 Å². The van der Waals surface area contributed by atoms with Crippen LogP contribution in [0.3, 0.4) is 0 Å². The molecular weight excluding hydrogens is 222 g/mol. The van der Waals surface area contributed by atoms with Crippen LogP contribution in [-0.2, 0) is 10.4 Å². The number of hydrogen-bond donors (Lipinski definition) is 7. The molecule has 0 spiro atoms. The minimum atomic E-state index is -4.67. The number of nitrogens with two attached hydrogens (primary N) is 4. The SMILES string of the molecule is N=C(N)N.NC(N)=S.O=S(=O)(O)O. The second kappa shape index (κ2) is 8.92. The van der Waals surface area contributed by atoms with Gasteiger partial charge in [-0.2, -0.15) is 8.42 Å². The van der Waals surface area contributed by atoms with Gasteiger partial charge in [-0.1, -0.05) is 0 Å². The number of hydrogen-bond acceptors (Lipinski definition) is 4. The van der Waals surface area contributed by atoms with Crippen molar-refractivity contribution in [3.05, 3.63) is 0 Å². The molecule has 0 aromatic rings. The highest BCUT2D eigenvalue weighted by Gasteiger charge is 1.84. The molecule has 0 bridgehead atoms. The van der Waals surface area contributed by atoms with E-state index in [1.54, 1.807) is 0 Å². The number of nitrogens with one attached hydrogen (secondary N) is 1. The molecule has 0 aromatic carbocycles. The summed E-state index contributed by atoms with van der Waals surface area (Å²) in [6, 6.07) is 0. The van der Waals surface area contributed by atoms with E-state index in [1.807, 2.05) is 0 Å². The quantitative estimate of drug-likeness (QED) is 0.101. The maximum Gasteiger partial charge on any atom is 0.394 e. The average Bonchev–Trinajstić information content (AvgIpc) is 1.50.